The number of ketones is 2. The lowest BCUT2D eigenvalue weighted by molar-refractivity contribution is -0.295. The molecule has 2 heterocycles. The van der Waals surface area contributed by atoms with E-state index in [1.807, 2.05) is 25.9 Å². The van der Waals surface area contributed by atoms with E-state index in [4.69, 9.17) is 18.9 Å². The molecule has 0 aromatic rings. The summed E-state index contributed by atoms with van der Waals surface area (Å²) in [6, 6.07) is -0.324. The third kappa shape index (κ3) is 7.61. The monoisotopic (exact) mass is 587 g/mol. The van der Waals surface area contributed by atoms with Gasteiger partial charge in [0.15, 0.2) is 17.9 Å². The van der Waals surface area contributed by atoms with Crippen molar-refractivity contribution in [1.82, 2.24) is 4.90 Å². The number of alkyl halides is 1. The largest absolute Gasteiger partial charge is 0.456 e. The van der Waals surface area contributed by atoms with Crippen LogP contribution >= 0.6 is 0 Å². The molecule has 0 aliphatic carbocycles. The van der Waals surface area contributed by atoms with Crippen molar-refractivity contribution in [2.45, 2.75) is 128 Å². The van der Waals surface area contributed by atoms with Crippen molar-refractivity contribution >= 4 is 17.5 Å². The van der Waals surface area contributed by atoms with Crippen LogP contribution in [0.5, 0.6) is 0 Å². The maximum Gasteiger partial charge on any atom is 0.351 e. The highest BCUT2D eigenvalue weighted by Crippen LogP contribution is 2.38. The molecule has 2 aliphatic heterocycles. The molecule has 1 unspecified atom stereocenters. The molecule has 0 amide bonds. The van der Waals surface area contributed by atoms with Crippen molar-refractivity contribution in [3.05, 3.63) is 11.6 Å². The third-order valence-corrected chi connectivity index (χ3v) is 8.67. The van der Waals surface area contributed by atoms with E-state index < -0.39 is 65.1 Å². The number of ether oxygens (including phenoxy) is 4. The van der Waals surface area contributed by atoms with E-state index in [1.165, 1.54) is 27.0 Å². The summed E-state index contributed by atoms with van der Waals surface area (Å²) in [5, 5.41) is 22.3. The van der Waals surface area contributed by atoms with Crippen LogP contribution in [0.15, 0.2) is 11.6 Å². The highest BCUT2D eigenvalue weighted by molar-refractivity contribution is 6.08. The number of carbonyl (C=O) groups is 3. The average Bonchev–Trinajstić information content (AvgIpc) is 2.88. The quantitative estimate of drug-likeness (QED) is 0.366. The molecule has 1 saturated heterocycles. The Morgan fingerprint density at radius 2 is 1.73 bits per heavy atom. The molecule has 2 aliphatic rings. The molecular weight excluding hydrogens is 537 g/mol. The van der Waals surface area contributed by atoms with Gasteiger partial charge in [-0.15, -0.1) is 0 Å². The second-order valence-electron chi connectivity index (χ2n) is 12.6. The summed E-state index contributed by atoms with van der Waals surface area (Å²) >= 11 is 0. The molecule has 1 fully saturated rings. The topological polar surface area (TPSA) is 132 Å². The van der Waals surface area contributed by atoms with Gasteiger partial charge in [0.1, 0.15) is 17.8 Å². The molecular formula is C30H50FNO9. The summed E-state index contributed by atoms with van der Waals surface area (Å²) in [5.41, 5.74) is -6.05. The number of esters is 1. The minimum absolute atomic E-state index is 0.0398. The highest BCUT2D eigenvalue weighted by Gasteiger charge is 2.54. The van der Waals surface area contributed by atoms with Gasteiger partial charge in [-0.3, -0.25) is 9.59 Å². The van der Waals surface area contributed by atoms with Gasteiger partial charge >= 0.3 is 5.97 Å². The predicted molar refractivity (Wildman–Crippen MR) is 150 cm³/mol. The number of Topliss-reactive ketones (excluding diaryl/α,β-unsaturated/α-hetero) is 2. The minimum atomic E-state index is -3.10. The maximum atomic E-state index is 16.1. The Hall–Kier alpha value is -1.76. The maximum absolute atomic E-state index is 16.1. The van der Waals surface area contributed by atoms with E-state index in [9.17, 15) is 24.6 Å². The number of likely N-dealkylation sites (N-methyl/N-ethyl adjacent to an activating group) is 1. The molecule has 11 heteroatoms. The fourth-order valence-electron chi connectivity index (χ4n) is 6.12. The number of methoxy groups -OCH3 is 1. The Balaban J connectivity index is 2.68. The van der Waals surface area contributed by atoms with Crippen molar-refractivity contribution in [3.8, 4) is 0 Å². The second-order valence-corrected chi connectivity index (χ2v) is 12.6. The number of allylic oxidation sites excluding steroid dienone is 1. The fraction of sp³-hybridized carbons (Fsp3) is 0.833. The number of rotatable bonds is 5. The van der Waals surface area contributed by atoms with Crippen LogP contribution in [0.3, 0.4) is 0 Å². The van der Waals surface area contributed by atoms with Crippen LogP contribution in [-0.2, 0) is 33.3 Å². The summed E-state index contributed by atoms with van der Waals surface area (Å²) < 4.78 is 39.6. The van der Waals surface area contributed by atoms with Gasteiger partial charge in [0.2, 0.25) is 0 Å². The number of aliphatic hydroxyl groups is 2. The van der Waals surface area contributed by atoms with Crippen molar-refractivity contribution in [3.63, 3.8) is 0 Å². The first kappa shape index (κ1) is 35.4. The van der Waals surface area contributed by atoms with E-state index in [-0.39, 0.29) is 36.3 Å². The van der Waals surface area contributed by atoms with Crippen LogP contribution < -0.4 is 0 Å². The van der Waals surface area contributed by atoms with E-state index in [2.05, 4.69) is 0 Å². The summed E-state index contributed by atoms with van der Waals surface area (Å²) in [5.74, 6) is -4.87. The molecule has 2 N–H and O–H groups in total. The SMILES string of the molecule is CCC1OC(=O)[C@@](C)(F)C(=O)[C@H](C)[C@@H](O[C@@H]2O[C@H](C)C[C@H](N(C)C)[C@H]2O)[C@](C)(OC)C[C@@H](C)C(=O)/C(C)=C/[C@]1(C)O. The summed E-state index contributed by atoms with van der Waals surface area (Å²) in [6.07, 6.45) is -3.12. The molecule has 0 bridgehead atoms. The van der Waals surface area contributed by atoms with Crippen LogP contribution in [0, 0.1) is 11.8 Å². The molecule has 10 nitrogen and oxygen atoms in total. The first-order chi connectivity index (χ1) is 18.7. The number of aliphatic hydroxyl groups excluding tert-OH is 1. The molecule has 2 rings (SSSR count). The van der Waals surface area contributed by atoms with E-state index >= 15 is 4.39 Å². The minimum Gasteiger partial charge on any atom is -0.456 e. The fourth-order valence-corrected chi connectivity index (χ4v) is 6.12. The Morgan fingerprint density at radius 1 is 1.15 bits per heavy atom. The number of carbonyl (C=O) groups excluding carboxylic acids is 3. The van der Waals surface area contributed by atoms with E-state index in [0.29, 0.717) is 6.42 Å². The van der Waals surface area contributed by atoms with Crippen molar-refractivity contribution in [1.29, 1.82) is 0 Å². The standard InChI is InChI=1S/C30H50FNO9/c1-12-21-28(6,37)14-16(2)22(33)17(3)15-29(7,38-11)25(19(5)24(35)30(8,31)27(36)40-21)41-26-23(34)20(32(9)10)13-18(4)39-26/h14,17-21,23,25-26,34,37H,12-13,15H2,1-11H3/b16-14+/t17-,18-,19+,20+,21?,23-,25-,26+,28+,29-,30+/m1/s1. The van der Waals surface area contributed by atoms with Crippen LogP contribution in [0.2, 0.25) is 0 Å². The zero-order valence-corrected chi connectivity index (χ0v) is 26.4. The highest BCUT2D eigenvalue weighted by atomic mass is 19.1. The van der Waals surface area contributed by atoms with Crippen molar-refractivity contribution < 1.29 is 47.9 Å². The van der Waals surface area contributed by atoms with Crippen molar-refractivity contribution in [2.24, 2.45) is 11.8 Å². The van der Waals surface area contributed by atoms with Crippen LogP contribution in [0.25, 0.3) is 0 Å². The normalized spacial score (nSPS) is 45.1. The molecule has 41 heavy (non-hydrogen) atoms. The smallest absolute Gasteiger partial charge is 0.351 e. The lowest BCUT2D eigenvalue weighted by Crippen LogP contribution is -2.60. The van der Waals surface area contributed by atoms with Gasteiger partial charge in [0.25, 0.3) is 5.67 Å². The van der Waals surface area contributed by atoms with Gasteiger partial charge in [-0.05, 0) is 79.6 Å². The summed E-state index contributed by atoms with van der Waals surface area (Å²) in [6.45, 7) is 11.9. The number of hydrogen-bond acceptors (Lipinski definition) is 10. The first-order valence-corrected chi connectivity index (χ1v) is 14.3. The molecule has 11 atom stereocenters. The van der Waals surface area contributed by atoms with E-state index in [1.54, 1.807) is 27.7 Å². The zero-order valence-electron chi connectivity index (χ0n) is 26.4. The molecule has 236 valence electrons. The molecule has 0 aromatic carbocycles. The summed E-state index contributed by atoms with van der Waals surface area (Å²) in [7, 11) is 5.03. The lowest BCUT2D eigenvalue weighted by Gasteiger charge is -2.47. The van der Waals surface area contributed by atoms with Crippen molar-refractivity contribution in [2.75, 3.05) is 21.2 Å². The second kappa shape index (κ2) is 13.3. The summed E-state index contributed by atoms with van der Waals surface area (Å²) in [4.78, 5) is 42.1. The third-order valence-electron chi connectivity index (χ3n) is 8.67. The number of nitrogens with zero attached hydrogens (tertiary/aromatic N) is 1. The van der Waals surface area contributed by atoms with Gasteiger partial charge in [0, 0.05) is 25.0 Å². The van der Waals surface area contributed by atoms with Crippen LogP contribution in [0.4, 0.5) is 4.39 Å². The number of cyclic esters (lactones) is 1. The zero-order chi connectivity index (χ0) is 31.7. The Morgan fingerprint density at radius 3 is 2.24 bits per heavy atom. The van der Waals surface area contributed by atoms with Gasteiger partial charge < -0.3 is 34.1 Å². The van der Waals surface area contributed by atoms with Crippen LogP contribution in [-0.4, -0.2) is 107 Å². The van der Waals surface area contributed by atoms with Gasteiger partial charge in [-0.2, -0.15) is 0 Å². The Labute approximate surface area is 243 Å². The van der Waals surface area contributed by atoms with Gasteiger partial charge in [-0.1, -0.05) is 20.8 Å². The molecule has 0 aromatic heterocycles. The predicted octanol–water partition coefficient (Wildman–Crippen LogP) is 2.76. The van der Waals surface area contributed by atoms with Gasteiger partial charge in [0.05, 0.1) is 17.8 Å². The molecule has 0 radical (unpaired) electrons. The van der Waals surface area contributed by atoms with E-state index in [0.717, 1.165) is 6.92 Å². The van der Waals surface area contributed by atoms with Gasteiger partial charge in [-0.25, -0.2) is 9.18 Å². The molecule has 0 spiro atoms. The van der Waals surface area contributed by atoms with Crippen LogP contribution in [0.1, 0.15) is 74.7 Å². The number of hydrogen-bond donors (Lipinski definition) is 2. The Bertz CT molecular complexity index is 996. The lowest BCUT2D eigenvalue weighted by atomic mass is 9.76. The average molecular weight is 588 g/mol. The Kier molecular flexibility index (Phi) is 11.5. The first-order valence-electron chi connectivity index (χ1n) is 14.3. The number of halogens is 1. The molecule has 0 saturated carbocycles.